The van der Waals surface area contributed by atoms with Gasteiger partial charge in [-0.05, 0) is 37.0 Å². The van der Waals surface area contributed by atoms with Gasteiger partial charge in [0.2, 0.25) is 0 Å². The van der Waals surface area contributed by atoms with Crippen molar-refractivity contribution in [3.63, 3.8) is 0 Å². The van der Waals surface area contributed by atoms with E-state index in [1.54, 1.807) is 18.2 Å². The number of halogens is 3. The number of carbonyl (C=O) groups is 2. The highest BCUT2D eigenvalue weighted by Gasteiger charge is 2.14. The maximum absolute atomic E-state index is 11.9. The van der Waals surface area contributed by atoms with Crippen LogP contribution in [-0.2, 0) is 27.5 Å². The molecular weight excluding hydrogens is 451 g/mol. The molecule has 0 aromatic heterocycles. The fourth-order valence-corrected chi connectivity index (χ4v) is 2.93. The molecule has 9 heteroatoms. The highest BCUT2D eigenvalue weighted by atomic mass is 35.5. The molecule has 0 heterocycles. The molecular formula is C21H25Cl3N2O4. The first kappa shape index (κ1) is 26.0. The normalized spacial score (nSPS) is 11.2. The zero-order chi connectivity index (χ0) is 21.1. The molecule has 0 bridgehead atoms. The van der Waals surface area contributed by atoms with Gasteiger partial charge in [-0.1, -0.05) is 59.6 Å². The Morgan fingerprint density at radius 1 is 1.00 bits per heavy atom. The Hall–Kier alpha value is -1.99. The van der Waals surface area contributed by atoms with Crippen molar-refractivity contribution in [2.75, 3.05) is 6.54 Å². The summed E-state index contributed by atoms with van der Waals surface area (Å²) in [5, 5.41) is 3.61. The Kier molecular flexibility index (Phi) is 12.2. The Labute approximate surface area is 192 Å². The highest BCUT2D eigenvalue weighted by molar-refractivity contribution is 6.35. The van der Waals surface area contributed by atoms with Crippen LogP contribution in [0.15, 0.2) is 48.5 Å². The largest absolute Gasteiger partial charge is 0.460 e. The van der Waals surface area contributed by atoms with Crippen LogP contribution in [0.25, 0.3) is 0 Å². The second-order valence-electron chi connectivity index (χ2n) is 6.43. The lowest BCUT2D eigenvalue weighted by molar-refractivity contribution is -0.146. The summed E-state index contributed by atoms with van der Waals surface area (Å²) in [5.41, 5.74) is 7.44. The van der Waals surface area contributed by atoms with Crippen LogP contribution in [0, 0.1) is 0 Å². The molecule has 0 fully saturated rings. The minimum absolute atomic E-state index is 0. The summed E-state index contributed by atoms with van der Waals surface area (Å²) in [6, 6.07) is 13.7. The molecule has 0 aliphatic heterocycles. The van der Waals surface area contributed by atoms with E-state index in [9.17, 15) is 9.59 Å². The van der Waals surface area contributed by atoms with Gasteiger partial charge in [0, 0.05) is 22.2 Å². The third-order valence-electron chi connectivity index (χ3n) is 4.11. The van der Waals surface area contributed by atoms with Crippen molar-refractivity contribution in [3.8, 4) is 0 Å². The van der Waals surface area contributed by atoms with E-state index in [1.165, 1.54) is 0 Å². The van der Waals surface area contributed by atoms with Gasteiger partial charge < -0.3 is 20.5 Å². The molecule has 164 valence electrons. The summed E-state index contributed by atoms with van der Waals surface area (Å²) in [5.74, 6) is -0.430. The number of alkyl carbamates (subject to hydrolysis) is 1. The Bertz CT molecular complexity index is 806. The van der Waals surface area contributed by atoms with E-state index in [2.05, 4.69) is 5.32 Å². The third-order valence-corrected chi connectivity index (χ3v) is 4.70. The van der Waals surface area contributed by atoms with Crippen LogP contribution in [0.5, 0.6) is 0 Å². The first-order valence-electron chi connectivity index (χ1n) is 9.26. The molecule has 0 aliphatic carbocycles. The molecule has 2 aromatic carbocycles. The number of nitrogens with two attached hydrogens (primary N) is 1. The van der Waals surface area contributed by atoms with Gasteiger partial charge in [0.1, 0.15) is 19.3 Å². The van der Waals surface area contributed by atoms with Gasteiger partial charge in [0.15, 0.2) is 0 Å². The summed E-state index contributed by atoms with van der Waals surface area (Å²) < 4.78 is 10.3. The van der Waals surface area contributed by atoms with Crippen molar-refractivity contribution < 1.29 is 19.1 Å². The molecule has 1 amide bonds. The minimum Gasteiger partial charge on any atom is -0.460 e. The van der Waals surface area contributed by atoms with Gasteiger partial charge in [-0.25, -0.2) is 4.79 Å². The Morgan fingerprint density at radius 3 is 2.43 bits per heavy atom. The number of esters is 1. The number of rotatable bonds is 10. The number of ether oxygens (including phenoxy) is 2. The minimum atomic E-state index is -0.683. The SMILES string of the molecule is Cl.N[C@@H](CCCCNC(=O)OCc1ccc(Cl)cc1Cl)C(=O)OCc1ccccc1. The van der Waals surface area contributed by atoms with E-state index in [-0.39, 0.29) is 25.6 Å². The first-order valence-corrected chi connectivity index (χ1v) is 10.0. The van der Waals surface area contributed by atoms with Crippen LogP contribution in [0.1, 0.15) is 30.4 Å². The summed E-state index contributed by atoms with van der Waals surface area (Å²) in [7, 11) is 0. The predicted octanol–water partition coefficient (Wildman–Crippen LogP) is 4.88. The summed E-state index contributed by atoms with van der Waals surface area (Å²) in [4.78, 5) is 23.6. The lowest BCUT2D eigenvalue weighted by Gasteiger charge is -2.12. The third kappa shape index (κ3) is 9.67. The summed E-state index contributed by atoms with van der Waals surface area (Å²) in [6.07, 6.45) is 1.27. The summed E-state index contributed by atoms with van der Waals surface area (Å²) >= 11 is 11.8. The zero-order valence-corrected chi connectivity index (χ0v) is 18.6. The number of amides is 1. The van der Waals surface area contributed by atoms with Gasteiger partial charge in [-0.3, -0.25) is 4.79 Å². The van der Waals surface area contributed by atoms with Crippen LogP contribution < -0.4 is 11.1 Å². The molecule has 3 N–H and O–H groups in total. The molecule has 2 aromatic rings. The average molecular weight is 476 g/mol. The lowest BCUT2D eigenvalue weighted by Crippen LogP contribution is -2.32. The van der Waals surface area contributed by atoms with Crippen LogP contribution in [-0.4, -0.2) is 24.6 Å². The van der Waals surface area contributed by atoms with Crippen molar-refractivity contribution in [1.82, 2.24) is 5.32 Å². The second-order valence-corrected chi connectivity index (χ2v) is 7.28. The Morgan fingerprint density at radius 2 is 1.73 bits per heavy atom. The van der Waals surface area contributed by atoms with E-state index in [0.29, 0.717) is 41.4 Å². The first-order chi connectivity index (χ1) is 14.0. The summed E-state index contributed by atoms with van der Waals surface area (Å²) in [6.45, 7) is 0.678. The fraction of sp³-hybridized carbons (Fsp3) is 0.333. The predicted molar refractivity (Wildman–Crippen MR) is 120 cm³/mol. The number of unbranched alkanes of at least 4 members (excludes halogenated alkanes) is 1. The zero-order valence-electron chi connectivity index (χ0n) is 16.3. The van der Waals surface area contributed by atoms with Gasteiger partial charge in [0.25, 0.3) is 0 Å². The van der Waals surface area contributed by atoms with E-state index in [4.69, 9.17) is 38.4 Å². The lowest BCUT2D eigenvalue weighted by atomic mass is 10.1. The molecule has 2 rings (SSSR count). The molecule has 0 saturated carbocycles. The van der Waals surface area contributed by atoms with Gasteiger partial charge in [-0.15, -0.1) is 12.4 Å². The number of hydrogen-bond donors (Lipinski definition) is 2. The molecule has 30 heavy (non-hydrogen) atoms. The van der Waals surface area contributed by atoms with Crippen LogP contribution in [0.4, 0.5) is 4.79 Å². The molecule has 0 radical (unpaired) electrons. The average Bonchev–Trinajstić information content (AvgIpc) is 2.71. The van der Waals surface area contributed by atoms with Crippen molar-refractivity contribution in [2.45, 2.75) is 38.5 Å². The molecule has 0 unspecified atom stereocenters. The van der Waals surface area contributed by atoms with Gasteiger partial charge in [-0.2, -0.15) is 0 Å². The molecule has 0 aliphatic rings. The monoisotopic (exact) mass is 474 g/mol. The van der Waals surface area contributed by atoms with Gasteiger partial charge in [0.05, 0.1) is 0 Å². The second kappa shape index (κ2) is 14.1. The van der Waals surface area contributed by atoms with Gasteiger partial charge >= 0.3 is 12.1 Å². The van der Waals surface area contributed by atoms with Crippen molar-refractivity contribution in [2.24, 2.45) is 5.73 Å². The van der Waals surface area contributed by atoms with Crippen LogP contribution in [0.3, 0.4) is 0 Å². The van der Waals surface area contributed by atoms with E-state index in [1.807, 2.05) is 30.3 Å². The molecule has 0 saturated heterocycles. The number of benzene rings is 2. The fourth-order valence-electron chi connectivity index (χ4n) is 2.47. The number of nitrogens with one attached hydrogen (secondary N) is 1. The molecule has 0 spiro atoms. The standard InChI is InChI=1S/C21H24Cl2N2O4.ClH/c22-17-10-9-16(18(23)12-17)14-29-21(27)25-11-5-4-8-19(24)20(26)28-13-15-6-2-1-3-7-15;/h1-3,6-7,9-10,12,19H,4-5,8,11,13-14,24H2,(H,25,27);1H/t19-;/m0./s1. The molecule has 1 atom stereocenters. The topological polar surface area (TPSA) is 90.6 Å². The van der Waals surface area contributed by atoms with Crippen LogP contribution >= 0.6 is 35.6 Å². The number of hydrogen-bond acceptors (Lipinski definition) is 5. The smallest absolute Gasteiger partial charge is 0.407 e. The maximum Gasteiger partial charge on any atom is 0.407 e. The molecule has 6 nitrogen and oxygen atoms in total. The van der Waals surface area contributed by atoms with Crippen molar-refractivity contribution in [3.05, 3.63) is 69.7 Å². The maximum atomic E-state index is 11.9. The quantitative estimate of drug-likeness (QED) is 0.377. The highest BCUT2D eigenvalue weighted by Crippen LogP contribution is 2.21. The van der Waals surface area contributed by atoms with Crippen molar-refractivity contribution in [1.29, 1.82) is 0 Å². The van der Waals surface area contributed by atoms with Crippen LogP contribution in [0.2, 0.25) is 10.0 Å². The number of carbonyl (C=O) groups excluding carboxylic acids is 2. The van der Waals surface area contributed by atoms with Crippen molar-refractivity contribution >= 4 is 47.7 Å². The van der Waals surface area contributed by atoms with E-state index < -0.39 is 18.1 Å². The van der Waals surface area contributed by atoms with E-state index in [0.717, 1.165) is 5.56 Å². The van der Waals surface area contributed by atoms with E-state index >= 15 is 0 Å². The Balaban J connectivity index is 0.00000450.